The van der Waals surface area contributed by atoms with Crippen LogP contribution in [0.2, 0.25) is 0 Å². The van der Waals surface area contributed by atoms with E-state index >= 15 is 0 Å². The molecule has 0 bridgehead atoms. The van der Waals surface area contributed by atoms with Crippen LogP contribution in [0.1, 0.15) is 18.1 Å². The number of nitrogens with zero attached hydrogens (tertiary/aromatic N) is 2. The summed E-state index contributed by atoms with van der Waals surface area (Å²) < 4.78 is 19.3. The first-order chi connectivity index (χ1) is 9.10. The zero-order valence-electron chi connectivity index (χ0n) is 10.4. The largest absolute Gasteiger partial charge is 0.470 e. The van der Waals surface area contributed by atoms with Crippen LogP contribution in [0.15, 0.2) is 29.0 Å². The molecule has 2 rings (SSSR count). The van der Waals surface area contributed by atoms with Gasteiger partial charge in [-0.2, -0.15) is 0 Å². The van der Waals surface area contributed by atoms with Crippen LogP contribution >= 0.6 is 15.9 Å². The number of hydrogen-bond donors (Lipinski definition) is 1. The molecule has 0 aliphatic heterocycles. The molecule has 0 amide bonds. The molecule has 0 spiro atoms. The lowest BCUT2D eigenvalue weighted by molar-refractivity contribution is 0.292. The molecular weight excluding hydrogens is 313 g/mol. The number of ether oxygens (including phenoxy) is 1. The van der Waals surface area contributed by atoms with E-state index in [1.807, 2.05) is 6.92 Å². The number of hydrogen-bond acceptors (Lipinski definition) is 4. The van der Waals surface area contributed by atoms with Gasteiger partial charge >= 0.3 is 0 Å². The Morgan fingerprint density at radius 3 is 2.89 bits per heavy atom. The fraction of sp³-hybridized carbons (Fsp3) is 0.231. The number of anilines is 1. The second kappa shape index (κ2) is 5.97. The maximum absolute atomic E-state index is 13.2. The Labute approximate surface area is 119 Å². The molecule has 1 aromatic heterocycles. The summed E-state index contributed by atoms with van der Waals surface area (Å²) in [6.45, 7) is 2.21. The lowest BCUT2D eigenvalue weighted by atomic mass is 10.1. The maximum atomic E-state index is 13.2. The van der Waals surface area contributed by atoms with Crippen LogP contribution in [0, 0.1) is 5.82 Å². The zero-order chi connectivity index (χ0) is 13.8. The Kier molecular flexibility index (Phi) is 4.31. The summed E-state index contributed by atoms with van der Waals surface area (Å²) in [6, 6.07) is 4.65. The Morgan fingerprint density at radius 2 is 2.16 bits per heavy atom. The van der Waals surface area contributed by atoms with Gasteiger partial charge in [-0.25, -0.2) is 14.4 Å². The number of halogens is 2. The molecular formula is C13H13BrFN3O. The molecule has 2 aromatic rings. The standard InChI is InChI=1S/C13H13BrFN3O/c1-2-8-3-4-10(15)5-9(8)7-19-13-12(16)17-6-11(14)18-13/h3-6H,2,7H2,1H3,(H2,16,17). The number of nitrogens with two attached hydrogens (primary N) is 1. The summed E-state index contributed by atoms with van der Waals surface area (Å²) in [7, 11) is 0. The van der Waals surface area contributed by atoms with E-state index < -0.39 is 0 Å². The van der Waals surface area contributed by atoms with Crippen LogP contribution in [0.4, 0.5) is 10.2 Å². The maximum Gasteiger partial charge on any atom is 0.258 e. The number of aromatic nitrogens is 2. The molecule has 0 fully saturated rings. The highest BCUT2D eigenvalue weighted by Gasteiger charge is 2.08. The van der Waals surface area contributed by atoms with Crippen LogP contribution < -0.4 is 10.5 Å². The van der Waals surface area contributed by atoms with Gasteiger partial charge in [0.15, 0.2) is 5.82 Å². The predicted molar refractivity (Wildman–Crippen MR) is 74.3 cm³/mol. The third kappa shape index (κ3) is 3.41. The summed E-state index contributed by atoms with van der Waals surface area (Å²) >= 11 is 3.19. The van der Waals surface area contributed by atoms with Gasteiger partial charge in [-0.15, -0.1) is 0 Å². The first-order valence-corrected chi connectivity index (χ1v) is 6.57. The second-order valence-electron chi connectivity index (χ2n) is 3.94. The predicted octanol–water partition coefficient (Wildman–Crippen LogP) is 3.10. The lowest BCUT2D eigenvalue weighted by Gasteiger charge is -2.10. The van der Waals surface area contributed by atoms with Crippen molar-refractivity contribution in [3.05, 3.63) is 45.9 Å². The van der Waals surface area contributed by atoms with E-state index in [1.54, 1.807) is 6.07 Å². The third-order valence-corrected chi connectivity index (χ3v) is 3.03. The Hall–Kier alpha value is -1.69. The van der Waals surface area contributed by atoms with Crippen molar-refractivity contribution in [2.75, 3.05) is 5.73 Å². The van der Waals surface area contributed by atoms with Crippen molar-refractivity contribution < 1.29 is 9.13 Å². The number of nitrogen functional groups attached to an aromatic ring is 1. The smallest absolute Gasteiger partial charge is 0.258 e. The van der Waals surface area contributed by atoms with Gasteiger partial charge in [0.05, 0.1) is 6.20 Å². The Bertz CT molecular complexity index is 592. The van der Waals surface area contributed by atoms with Crippen molar-refractivity contribution in [1.82, 2.24) is 9.97 Å². The highest BCUT2D eigenvalue weighted by Crippen LogP contribution is 2.21. The number of aryl methyl sites for hydroxylation is 1. The van der Waals surface area contributed by atoms with E-state index in [1.165, 1.54) is 18.3 Å². The van der Waals surface area contributed by atoms with Crippen LogP contribution in [-0.2, 0) is 13.0 Å². The lowest BCUT2D eigenvalue weighted by Crippen LogP contribution is -2.05. The molecule has 0 unspecified atom stereocenters. The van der Waals surface area contributed by atoms with Crippen molar-refractivity contribution in [1.29, 1.82) is 0 Å². The molecule has 0 atom stereocenters. The molecule has 4 nitrogen and oxygen atoms in total. The minimum Gasteiger partial charge on any atom is -0.470 e. The van der Waals surface area contributed by atoms with E-state index in [0.717, 1.165) is 17.5 Å². The van der Waals surface area contributed by atoms with Crippen LogP contribution in [0.5, 0.6) is 5.88 Å². The summed E-state index contributed by atoms with van der Waals surface area (Å²) in [6.07, 6.45) is 2.29. The van der Waals surface area contributed by atoms with Gasteiger partial charge in [-0.1, -0.05) is 13.0 Å². The van der Waals surface area contributed by atoms with Crippen molar-refractivity contribution in [3.8, 4) is 5.88 Å². The molecule has 0 saturated heterocycles. The van der Waals surface area contributed by atoms with Gasteiger partial charge in [0, 0.05) is 0 Å². The highest BCUT2D eigenvalue weighted by molar-refractivity contribution is 9.10. The molecule has 1 heterocycles. The molecule has 6 heteroatoms. The van der Waals surface area contributed by atoms with E-state index in [0.29, 0.717) is 4.60 Å². The molecule has 0 aliphatic rings. The van der Waals surface area contributed by atoms with Gasteiger partial charge in [-0.3, -0.25) is 0 Å². The van der Waals surface area contributed by atoms with Crippen LogP contribution in [0.25, 0.3) is 0 Å². The average molecular weight is 326 g/mol. The SMILES string of the molecule is CCc1ccc(F)cc1COc1nc(Br)cnc1N. The summed E-state index contributed by atoms with van der Waals surface area (Å²) in [5.41, 5.74) is 7.47. The van der Waals surface area contributed by atoms with Crippen LogP contribution in [0.3, 0.4) is 0 Å². The van der Waals surface area contributed by atoms with Crippen molar-refractivity contribution >= 4 is 21.7 Å². The molecule has 0 saturated carbocycles. The summed E-state index contributed by atoms with van der Waals surface area (Å²) in [5, 5.41) is 0. The quantitative estimate of drug-likeness (QED) is 0.938. The molecule has 0 radical (unpaired) electrons. The van der Waals surface area contributed by atoms with Gasteiger partial charge in [-0.05, 0) is 45.6 Å². The normalized spacial score (nSPS) is 10.5. The Balaban J connectivity index is 2.18. The number of benzene rings is 1. The Morgan fingerprint density at radius 1 is 1.37 bits per heavy atom. The van der Waals surface area contributed by atoms with Gasteiger partial charge in [0.2, 0.25) is 0 Å². The first-order valence-electron chi connectivity index (χ1n) is 5.78. The summed E-state index contributed by atoms with van der Waals surface area (Å²) in [5.74, 6) is 0.155. The van der Waals surface area contributed by atoms with E-state index in [4.69, 9.17) is 10.5 Å². The molecule has 1 aromatic carbocycles. The van der Waals surface area contributed by atoms with Crippen molar-refractivity contribution in [2.45, 2.75) is 20.0 Å². The van der Waals surface area contributed by atoms with Crippen molar-refractivity contribution in [2.24, 2.45) is 0 Å². The van der Waals surface area contributed by atoms with Gasteiger partial charge < -0.3 is 10.5 Å². The molecule has 19 heavy (non-hydrogen) atoms. The van der Waals surface area contributed by atoms with E-state index in [2.05, 4.69) is 25.9 Å². The molecule has 2 N–H and O–H groups in total. The van der Waals surface area contributed by atoms with Gasteiger partial charge in [0.25, 0.3) is 5.88 Å². The number of rotatable bonds is 4. The van der Waals surface area contributed by atoms with E-state index in [9.17, 15) is 4.39 Å². The first kappa shape index (κ1) is 13.7. The third-order valence-electron chi connectivity index (χ3n) is 2.65. The fourth-order valence-corrected chi connectivity index (χ4v) is 1.95. The molecule has 100 valence electrons. The summed E-state index contributed by atoms with van der Waals surface area (Å²) in [4.78, 5) is 8.00. The van der Waals surface area contributed by atoms with E-state index in [-0.39, 0.29) is 24.1 Å². The fourth-order valence-electron chi connectivity index (χ4n) is 1.69. The molecule has 0 aliphatic carbocycles. The zero-order valence-corrected chi connectivity index (χ0v) is 11.9. The highest BCUT2D eigenvalue weighted by atomic mass is 79.9. The average Bonchev–Trinajstić information content (AvgIpc) is 2.40. The minimum absolute atomic E-state index is 0.205. The van der Waals surface area contributed by atoms with Crippen LogP contribution in [-0.4, -0.2) is 9.97 Å². The second-order valence-corrected chi connectivity index (χ2v) is 4.75. The van der Waals surface area contributed by atoms with Gasteiger partial charge in [0.1, 0.15) is 17.0 Å². The van der Waals surface area contributed by atoms with Crippen molar-refractivity contribution in [3.63, 3.8) is 0 Å². The topological polar surface area (TPSA) is 61.0 Å². The monoisotopic (exact) mass is 325 g/mol. The minimum atomic E-state index is -0.288.